The van der Waals surface area contributed by atoms with E-state index in [1.165, 1.54) is 14.7 Å². The third kappa shape index (κ3) is 6.57. The van der Waals surface area contributed by atoms with E-state index in [-0.39, 0.29) is 31.9 Å². The maximum absolute atomic E-state index is 12.7. The highest BCUT2D eigenvalue weighted by atomic mass is 16.7. The number of carbonyl (C=O) groups is 3. The molecule has 0 unspecified atom stereocenters. The van der Waals surface area contributed by atoms with Crippen LogP contribution in [0, 0.1) is 0 Å². The van der Waals surface area contributed by atoms with Crippen LogP contribution < -0.4 is 5.46 Å². The summed E-state index contributed by atoms with van der Waals surface area (Å²) in [6.07, 6.45) is -2.26. The average Bonchev–Trinajstić information content (AvgIpc) is 3.00. The van der Waals surface area contributed by atoms with Crippen LogP contribution in [-0.2, 0) is 20.6 Å². The highest BCUT2D eigenvalue weighted by Crippen LogP contribution is 2.36. The minimum atomic E-state index is -1.32. The van der Waals surface area contributed by atoms with Gasteiger partial charge in [0, 0.05) is 14.1 Å². The molecule has 38 heavy (non-hydrogen) atoms. The van der Waals surface area contributed by atoms with Crippen LogP contribution in [0.3, 0.4) is 0 Å². The van der Waals surface area contributed by atoms with E-state index in [2.05, 4.69) is 4.99 Å². The van der Waals surface area contributed by atoms with Gasteiger partial charge in [0.2, 0.25) is 5.96 Å². The molecule has 0 aliphatic carbocycles. The standard InChI is InChI=1S/C25H38BN5O7/c1-23(2,3)36-20(32)27-19(30-15-28(8)21(33)29(9)16-30)31(22(34)35)14-17-11-10-12-18(13-17)26-37-24(4,5)25(6,7)38-26/h10-13H,14-16H2,1-9H3,(H,34,35). The molecular weight excluding hydrogens is 493 g/mol. The van der Waals surface area contributed by atoms with E-state index in [1.807, 2.05) is 33.8 Å². The molecule has 0 spiro atoms. The number of guanidine groups is 1. The lowest BCUT2D eigenvalue weighted by molar-refractivity contribution is 0.00578. The topological polar surface area (TPSA) is 124 Å². The zero-order valence-electron chi connectivity index (χ0n) is 23.6. The second-order valence-corrected chi connectivity index (χ2v) is 11.6. The number of carbonyl (C=O) groups excluding carboxylic acids is 2. The first-order chi connectivity index (χ1) is 17.4. The summed E-state index contributed by atoms with van der Waals surface area (Å²) < 4.78 is 17.6. The highest BCUT2D eigenvalue weighted by molar-refractivity contribution is 6.62. The van der Waals surface area contributed by atoms with Crippen molar-refractivity contribution >= 4 is 36.8 Å². The summed E-state index contributed by atoms with van der Waals surface area (Å²) >= 11 is 0. The molecule has 208 valence electrons. The number of hydrogen-bond acceptors (Lipinski definition) is 6. The van der Waals surface area contributed by atoms with E-state index in [1.54, 1.807) is 53.1 Å². The van der Waals surface area contributed by atoms with E-state index in [9.17, 15) is 19.5 Å². The molecule has 1 aromatic carbocycles. The summed E-state index contributed by atoms with van der Waals surface area (Å²) in [6, 6.07) is 6.98. The molecule has 2 aliphatic heterocycles. The molecule has 13 heteroatoms. The van der Waals surface area contributed by atoms with Gasteiger partial charge >= 0.3 is 25.3 Å². The van der Waals surface area contributed by atoms with Crippen LogP contribution in [-0.4, -0.2) is 100 Å². The lowest BCUT2D eigenvalue weighted by Gasteiger charge is -2.41. The van der Waals surface area contributed by atoms with E-state index in [4.69, 9.17) is 14.0 Å². The molecular formula is C25H38BN5O7. The van der Waals surface area contributed by atoms with Crippen LogP contribution in [0.25, 0.3) is 0 Å². The second kappa shape index (κ2) is 10.4. The van der Waals surface area contributed by atoms with E-state index in [0.29, 0.717) is 5.56 Å². The van der Waals surface area contributed by atoms with Gasteiger partial charge in [-0.1, -0.05) is 24.3 Å². The van der Waals surface area contributed by atoms with Crippen molar-refractivity contribution in [3.8, 4) is 0 Å². The first kappa shape index (κ1) is 29.2. The van der Waals surface area contributed by atoms with Crippen LogP contribution in [0.5, 0.6) is 0 Å². The Morgan fingerprint density at radius 2 is 1.66 bits per heavy atom. The smallest absolute Gasteiger partial charge is 0.465 e. The van der Waals surface area contributed by atoms with E-state index in [0.717, 1.165) is 10.4 Å². The number of carboxylic acid groups (broad SMARTS) is 1. The Bertz CT molecular complexity index is 1090. The number of benzene rings is 1. The Morgan fingerprint density at radius 3 is 2.16 bits per heavy atom. The van der Waals surface area contributed by atoms with Crippen molar-refractivity contribution in [2.24, 2.45) is 4.99 Å². The monoisotopic (exact) mass is 531 g/mol. The summed E-state index contributed by atoms with van der Waals surface area (Å²) in [6.45, 7) is 12.8. The SMILES string of the molecule is CN1CN(C(=NC(=O)OC(C)(C)C)N(Cc2cccc(B3OC(C)(C)C(C)(C)O3)c2)C(=O)O)CN(C)C1=O. The third-order valence-electron chi connectivity index (χ3n) is 6.58. The van der Waals surface area contributed by atoms with Gasteiger partial charge < -0.3 is 33.9 Å². The molecule has 0 radical (unpaired) electrons. The zero-order valence-corrected chi connectivity index (χ0v) is 23.6. The summed E-state index contributed by atoms with van der Waals surface area (Å²) in [5.74, 6) is -0.154. The van der Waals surface area contributed by atoms with Gasteiger partial charge in [-0.05, 0) is 59.5 Å². The van der Waals surface area contributed by atoms with Crippen LogP contribution in [0.4, 0.5) is 14.4 Å². The molecule has 2 fully saturated rings. The Kier molecular flexibility index (Phi) is 8.04. The molecule has 0 atom stereocenters. The van der Waals surface area contributed by atoms with Gasteiger partial charge in [0.05, 0.1) is 31.1 Å². The summed E-state index contributed by atoms with van der Waals surface area (Å²) in [7, 11) is 2.54. The van der Waals surface area contributed by atoms with E-state index >= 15 is 0 Å². The van der Waals surface area contributed by atoms with Crippen molar-refractivity contribution in [3.05, 3.63) is 29.8 Å². The quantitative estimate of drug-likeness (QED) is 0.359. The number of ether oxygens (including phenoxy) is 1. The average molecular weight is 531 g/mol. The van der Waals surface area contributed by atoms with E-state index < -0.39 is 36.1 Å². The maximum atomic E-state index is 12.7. The van der Waals surface area contributed by atoms with Crippen molar-refractivity contribution in [2.45, 2.75) is 71.8 Å². The second-order valence-electron chi connectivity index (χ2n) is 11.6. The fourth-order valence-electron chi connectivity index (χ4n) is 3.99. The Balaban J connectivity index is 1.95. The van der Waals surface area contributed by atoms with Gasteiger partial charge in [0.25, 0.3) is 0 Å². The molecule has 12 nitrogen and oxygen atoms in total. The molecule has 1 aromatic rings. The van der Waals surface area contributed by atoms with Crippen molar-refractivity contribution in [1.29, 1.82) is 0 Å². The summed E-state index contributed by atoms with van der Waals surface area (Å²) in [4.78, 5) is 46.8. The van der Waals surface area contributed by atoms with Crippen LogP contribution in [0.1, 0.15) is 54.0 Å². The van der Waals surface area contributed by atoms with Gasteiger partial charge in [-0.3, -0.25) is 0 Å². The third-order valence-corrected chi connectivity index (χ3v) is 6.58. The number of rotatable bonds is 3. The lowest BCUT2D eigenvalue weighted by Crippen LogP contribution is -2.60. The number of nitrogens with zero attached hydrogens (tertiary/aromatic N) is 5. The van der Waals surface area contributed by atoms with Crippen molar-refractivity contribution in [3.63, 3.8) is 0 Å². The fraction of sp³-hybridized carbons (Fsp3) is 0.600. The largest absolute Gasteiger partial charge is 0.494 e. The predicted octanol–water partition coefficient (Wildman–Crippen LogP) is 2.97. The molecule has 2 aliphatic rings. The molecule has 0 saturated carbocycles. The Hall–Kier alpha value is -3.32. The zero-order chi connectivity index (χ0) is 28.6. The fourth-order valence-corrected chi connectivity index (χ4v) is 3.99. The van der Waals surface area contributed by atoms with Gasteiger partial charge in [-0.15, -0.1) is 4.99 Å². The molecule has 0 bridgehead atoms. The van der Waals surface area contributed by atoms with Gasteiger partial charge in [-0.25, -0.2) is 19.3 Å². The number of hydrogen-bond donors (Lipinski definition) is 1. The Labute approximate surface area is 224 Å². The van der Waals surface area contributed by atoms with Crippen LogP contribution in [0.15, 0.2) is 29.3 Å². The van der Waals surface area contributed by atoms with Crippen molar-refractivity contribution < 1.29 is 33.5 Å². The summed E-state index contributed by atoms with van der Waals surface area (Å²) in [5.41, 5.74) is -0.524. The van der Waals surface area contributed by atoms with Gasteiger partial charge in [-0.2, -0.15) is 0 Å². The minimum Gasteiger partial charge on any atom is -0.465 e. The first-order valence-electron chi connectivity index (χ1n) is 12.4. The highest BCUT2D eigenvalue weighted by Gasteiger charge is 2.51. The number of amides is 4. The molecule has 0 aromatic heterocycles. The minimum absolute atomic E-state index is 0.0303. The number of aliphatic imine (C=N–C) groups is 1. The molecule has 1 N–H and O–H groups in total. The molecule has 3 rings (SSSR count). The maximum Gasteiger partial charge on any atom is 0.494 e. The first-order valence-corrected chi connectivity index (χ1v) is 12.4. The van der Waals surface area contributed by atoms with Crippen LogP contribution in [0.2, 0.25) is 0 Å². The van der Waals surface area contributed by atoms with Crippen molar-refractivity contribution in [2.75, 3.05) is 27.4 Å². The normalized spacial score (nSPS) is 19.6. The molecule has 2 saturated heterocycles. The van der Waals surface area contributed by atoms with Gasteiger partial charge in [0.1, 0.15) is 5.60 Å². The van der Waals surface area contributed by atoms with Gasteiger partial charge in [0.15, 0.2) is 0 Å². The summed E-state index contributed by atoms with van der Waals surface area (Å²) in [5, 5.41) is 10.2. The van der Waals surface area contributed by atoms with Crippen molar-refractivity contribution in [1.82, 2.24) is 19.6 Å². The molecule has 4 amide bonds. The lowest BCUT2D eigenvalue weighted by atomic mass is 9.78. The number of urea groups is 1. The Morgan fingerprint density at radius 1 is 1.11 bits per heavy atom. The van der Waals surface area contributed by atoms with Crippen LogP contribution >= 0.6 is 0 Å². The predicted molar refractivity (Wildman–Crippen MR) is 142 cm³/mol. The molecule has 2 heterocycles.